The molecule has 5 heteroatoms. The number of nitrogens with one attached hydrogen (secondary N) is 1. The van der Waals surface area contributed by atoms with Crippen LogP contribution in [0.15, 0.2) is 35.9 Å². The van der Waals surface area contributed by atoms with Gasteiger partial charge in [-0.15, -0.1) is 0 Å². The van der Waals surface area contributed by atoms with Crippen molar-refractivity contribution in [2.45, 2.75) is 25.8 Å². The van der Waals surface area contributed by atoms with E-state index in [1.54, 1.807) is 18.2 Å². The summed E-state index contributed by atoms with van der Waals surface area (Å²) in [7, 11) is 0. The van der Waals surface area contributed by atoms with Crippen LogP contribution in [-0.2, 0) is 9.53 Å². The second kappa shape index (κ2) is 7.90. The standard InChI is InChI=1S/C19H25FN2O2/c1-14(15-5-6-15)11-19(23)21-13-18(22-7-9-24-10-8-22)16-3-2-4-17(20)12-16/h2-4,11-12,15,18H,5-10,13H2,1H3,(H,21,23)/b14-11+. The van der Waals surface area contributed by atoms with Crippen LogP contribution in [0.5, 0.6) is 0 Å². The summed E-state index contributed by atoms with van der Waals surface area (Å²) in [6.07, 6.45) is 4.09. The average Bonchev–Trinajstić information content (AvgIpc) is 3.41. The molecule has 1 atom stereocenters. The molecular formula is C19H25FN2O2. The largest absolute Gasteiger partial charge is 0.379 e. The monoisotopic (exact) mass is 332 g/mol. The summed E-state index contributed by atoms with van der Waals surface area (Å²) in [6.45, 7) is 5.39. The maximum Gasteiger partial charge on any atom is 0.243 e. The lowest BCUT2D eigenvalue weighted by atomic mass is 10.0. The zero-order chi connectivity index (χ0) is 16.9. The van der Waals surface area contributed by atoms with Crippen molar-refractivity contribution in [3.05, 3.63) is 47.3 Å². The summed E-state index contributed by atoms with van der Waals surface area (Å²) in [5, 5.41) is 2.99. The highest BCUT2D eigenvalue weighted by atomic mass is 19.1. The number of hydrogen-bond donors (Lipinski definition) is 1. The number of carbonyl (C=O) groups excluding carboxylic acids is 1. The highest BCUT2D eigenvalue weighted by Gasteiger charge is 2.25. The van der Waals surface area contributed by atoms with Crippen LogP contribution in [0.3, 0.4) is 0 Å². The van der Waals surface area contributed by atoms with Crippen LogP contribution in [0.1, 0.15) is 31.4 Å². The fraction of sp³-hybridized carbons (Fsp3) is 0.526. The molecule has 1 aromatic rings. The van der Waals surface area contributed by atoms with E-state index in [2.05, 4.69) is 10.2 Å². The number of allylic oxidation sites excluding steroid dienone is 1. The van der Waals surface area contributed by atoms with Gasteiger partial charge in [-0.1, -0.05) is 17.7 Å². The number of carbonyl (C=O) groups is 1. The molecule has 1 N–H and O–H groups in total. The Morgan fingerprint density at radius 2 is 2.17 bits per heavy atom. The topological polar surface area (TPSA) is 41.6 Å². The Hall–Kier alpha value is -1.72. The molecular weight excluding hydrogens is 307 g/mol. The molecule has 1 saturated carbocycles. The summed E-state index contributed by atoms with van der Waals surface area (Å²) < 4.78 is 19.0. The molecule has 4 nitrogen and oxygen atoms in total. The number of amides is 1. The predicted octanol–water partition coefficient (Wildman–Crippen LogP) is 2.67. The van der Waals surface area contributed by atoms with Gasteiger partial charge in [0.15, 0.2) is 0 Å². The normalized spacial score (nSPS) is 20.7. The minimum Gasteiger partial charge on any atom is -0.379 e. The summed E-state index contributed by atoms with van der Waals surface area (Å²) in [5.41, 5.74) is 2.04. The maximum atomic E-state index is 13.6. The Morgan fingerprint density at radius 1 is 1.42 bits per heavy atom. The van der Waals surface area contributed by atoms with Crippen LogP contribution in [-0.4, -0.2) is 43.7 Å². The molecule has 1 aromatic carbocycles. The van der Waals surface area contributed by atoms with Crippen molar-refractivity contribution in [3.8, 4) is 0 Å². The van der Waals surface area contributed by atoms with E-state index < -0.39 is 0 Å². The van der Waals surface area contributed by atoms with Crippen LogP contribution < -0.4 is 5.32 Å². The van der Waals surface area contributed by atoms with E-state index in [4.69, 9.17) is 4.74 Å². The summed E-state index contributed by atoms with van der Waals surface area (Å²) in [4.78, 5) is 14.4. The first-order valence-corrected chi connectivity index (χ1v) is 8.67. The minimum absolute atomic E-state index is 0.0387. The lowest BCUT2D eigenvalue weighted by Gasteiger charge is -2.34. The molecule has 1 amide bonds. The quantitative estimate of drug-likeness (QED) is 0.815. The number of rotatable bonds is 6. The summed E-state index contributed by atoms with van der Waals surface area (Å²) in [5.74, 6) is 0.282. The van der Waals surface area contributed by atoms with Crippen molar-refractivity contribution in [2.75, 3.05) is 32.8 Å². The van der Waals surface area contributed by atoms with Gasteiger partial charge in [0, 0.05) is 25.7 Å². The second-order valence-electron chi connectivity index (χ2n) is 6.63. The summed E-state index contributed by atoms with van der Waals surface area (Å²) >= 11 is 0. The number of nitrogens with zero attached hydrogens (tertiary/aromatic N) is 1. The Morgan fingerprint density at radius 3 is 2.83 bits per heavy atom. The van der Waals surface area contributed by atoms with Crippen molar-refractivity contribution in [1.29, 1.82) is 0 Å². The van der Waals surface area contributed by atoms with E-state index in [9.17, 15) is 9.18 Å². The molecule has 0 aromatic heterocycles. The lowest BCUT2D eigenvalue weighted by Crippen LogP contribution is -2.43. The Bertz CT molecular complexity index is 607. The molecule has 1 heterocycles. The van der Waals surface area contributed by atoms with Gasteiger partial charge in [-0.3, -0.25) is 9.69 Å². The van der Waals surface area contributed by atoms with Crippen molar-refractivity contribution in [1.82, 2.24) is 10.2 Å². The fourth-order valence-corrected chi connectivity index (χ4v) is 3.17. The van der Waals surface area contributed by atoms with Gasteiger partial charge in [0.1, 0.15) is 5.82 Å². The predicted molar refractivity (Wildman–Crippen MR) is 91.0 cm³/mol. The molecule has 1 unspecified atom stereocenters. The van der Waals surface area contributed by atoms with Gasteiger partial charge >= 0.3 is 0 Å². The Labute approximate surface area is 142 Å². The third-order valence-electron chi connectivity index (χ3n) is 4.77. The van der Waals surface area contributed by atoms with Crippen LogP contribution in [0, 0.1) is 11.7 Å². The first-order chi connectivity index (χ1) is 11.6. The van der Waals surface area contributed by atoms with Crippen molar-refractivity contribution >= 4 is 5.91 Å². The first kappa shape index (κ1) is 17.1. The number of hydrogen-bond acceptors (Lipinski definition) is 3. The molecule has 0 bridgehead atoms. The zero-order valence-corrected chi connectivity index (χ0v) is 14.1. The third-order valence-corrected chi connectivity index (χ3v) is 4.77. The third kappa shape index (κ3) is 4.65. The summed E-state index contributed by atoms with van der Waals surface area (Å²) in [6, 6.07) is 6.60. The maximum absolute atomic E-state index is 13.6. The van der Waals surface area contributed by atoms with Crippen LogP contribution in [0.25, 0.3) is 0 Å². The highest BCUT2D eigenvalue weighted by molar-refractivity contribution is 5.88. The van der Waals surface area contributed by atoms with E-state index in [1.807, 2.05) is 13.0 Å². The molecule has 1 aliphatic heterocycles. The average molecular weight is 332 g/mol. The van der Waals surface area contributed by atoms with Gasteiger partial charge in [0.2, 0.25) is 5.91 Å². The lowest BCUT2D eigenvalue weighted by molar-refractivity contribution is -0.116. The van der Waals surface area contributed by atoms with Crippen LogP contribution in [0.2, 0.25) is 0 Å². The van der Waals surface area contributed by atoms with Gasteiger partial charge < -0.3 is 10.1 Å². The van der Waals surface area contributed by atoms with Crippen molar-refractivity contribution in [3.63, 3.8) is 0 Å². The molecule has 0 spiro atoms. The number of ether oxygens (including phenoxy) is 1. The Balaban J connectivity index is 1.67. The fourth-order valence-electron chi connectivity index (χ4n) is 3.17. The van der Waals surface area contributed by atoms with E-state index in [0.717, 1.165) is 24.2 Å². The zero-order valence-electron chi connectivity index (χ0n) is 14.1. The van der Waals surface area contributed by atoms with Gasteiger partial charge in [0.25, 0.3) is 0 Å². The molecule has 0 radical (unpaired) electrons. The van der Waals surface area contributed by atoms with E-state index in [1.165, 1.54) is 18.9 Å². The molecule has 1 saturated heterocycles. The molecule has 130 valence electrons. The molecule has 3 rings (SSSR count). The van der Waals surface area contributed by atoms with E-state index in [0.29, 0.717) is 25.7 Å². The number of morpholine rings is 1. The minimum atomic E-state index is -0.249. The second-order valence-corrected chi connectivity index (χ2v) is 6.63. The molecule has 1 aliphatic carbocycles. The van der Waals surface area contributed by atoms with Gasteiger partial charge in [0.05, 0.1) is 19.3 Å². The van der Waals surface area contributed by atoms with Gasteiger partial charge in [-0.25, -0.2) is 4.39 Å². The number of benzene rings is 1. The van der Waals surface area contributed by atoms with E-state index >= 15 is 0 Å². The first-order valence-electron chi connectivity index (χ1n) is 8.67. The molecule has 24 heavy (non-hydrogen) atoms. The molecule has 2 aliphatic rings. The van der Waals surface area contributed by atoms with Crippen LogP contribution in [0.4, 0.5) is 4.39 Å². The smallest absolute Gasteiger partial charge is 0.243 e. The van der Waals surface area contributed by atoms with Gasteiger partial charge in [-0.05, 0) is 43.4 Å². The van der Waals surface area contributed by atoms with E-state index in [-0.39, 0.29) is 17.8 Å². The van der Waals surface area contributed by atoms with Crippen LogP contribution >= 0.6 is 0 Å². The Kier molecular flexibility index (Phi) is 5.63. The molecule has 2 fully saturated rings. The van der Waals surface area contributed by atoms with Gasteiger partial charge in [-0.2, -0.15) is 0 Å². The SMILES string of the molecule is C/C(=C\C(=O)NCC(c1cccc(F)c1)N1CCOCC1)C1CC1. The highest BCUT2D eigenvalue weighted by Crippen LogP contribution is 2.35. The van der Waals surface area contributed by atoms with Crippen molar-refractivity contribution in [2.24, 2.45) is 5.92 Å². The van der Waals surface area contributed by atoms with Crippen molar-refractivity contribution < 1.29 is 13.9 Å². The number of halogens is 1.